The molecular weight excluding hydrogens is 320 g/mol. The van der Waals surface area contributed by atoms with E-state index in [0.717, 1.165) is 6.42 Å². The maximum absolute atomic E-state index is 13.2. The quantitative estimate of drug-likeness (QED) is 0.773. The molecule has 3 heterocycles. The number of alkyl halides is 2. The van der Waals surface area contributed by atoms with Gasteiger partial charge < -0.3 is 15.2 Å². The van der Waals surface area contributed by atoms with Gasteiger partial charge in [0.25, 0.3) is 0 Å². The third-order valence-electron chi connectivity index (χ3n) is 3.35. The van der Waals surface area contributed by atoms with E-state index < -0.39 is 6.29 Å². The Balaban J connectivity index is 0.000000815. The van der Waals surface area contributed by atoms with Crippen molar-refractivity contribution in [2.24, 2.45) is 0 Å². The van der Waals surface area contributed by atoms with E-state index in [-0.39, 0.29) is 23.0 Å². The van der Waals surface area contributed by atoms with Gasteiger partial charge in [-0.1, -0.05) is 20.8 Å². The van der Waals surface area contributed by atoms with Crippen molar-refractivity contribution in [1.82, 2.24) is 19.6 Å². The Morgan fingerprint density at radius 1 is 1.21 bits per heavy atom. The second kappa shape index (κ2) is 5.73. The predicted octanol–water partition coefficient (Wildman–Crippen LogP) is 3.16. The lowest BCUT2D eigenvalue weighted by Gasteiger charge is -2.05. The fourth-order valence-electron chi connectivity index (χ4n) is 2.47. The minimum Gasteiger partial charge on any atom is -0.395 e. The Labute approximate surface area is 136 Å². The van der Waals surface area contributed by atoms with Crippen molar-refractivity contribution in [3.63, 3.8) is 0 Å². The van der Waals surface area contributed by atoms with Crippen LogP contribution in [0.3, 0.4) is 0 Å². The number of nitrogens with zero attached hydrogens (tertiary/aromatic N) is 4. The van der Waals surface area contributed by atoms with Gasteiger partial charge in [0.1, 0.15) is 5.52 Å². The number of benzene rings is 1. The molecule has 9 heteroatoms. The van der Waals surface area contributed by atoms with E-state index in [4.69, 9.17) is 5.73 Å². The van der Waals surface area contributed by atoms with E-state index in [1.54, 1.807) is 6.07 Å². The first kappa shape index (κ1) is 16.2. The third-order valence-corrected chi connectivity index (χ3v) is 3.35. The zero-order chi connectivity index (χ0) is 17.5. The van der Waals surface area contributed by atoms with E-state index in [2.05, 4.69) is 24.5 Å². The van der Waals surface area contributed by atoms with Gasteiger partial charge in [-0.3, -0.25) is 0 Å². The molecule has 0 unspecified atom stereocenters. The van der Waals surface area contributed by atoms with Gasteiger partial charge in [-0.15, -0.1) is 13.9 Å². The Kier molecular flexibility index (Phi) is 3.86. The summed E-state index contributed by atoms with van der Waals surface area (Å²) in [4.78, 5) is 8.52. The monoisotopic (exact) mass is 337 g/mol. The molecule has 0 fully saturated rings. The maximum Gasteiger partial charge on any atom is 0.586 e. The third kappa shape index (κ3) is 2.45. The summed E-state index contributed by atoms with van der Waals surface area (Å²) in [6, 6.07) is 2.98. The van der Waals surface area contributed by atoms with Crippen LogP contribution in [0, 0.1) is 0 Å². The van der Waals surface area contributed by atoms with Crippen molar-refractivity contribution in [2.75, 3.05) is 5.73 Å². The number of nitrogens with two attached hydrogens (primary N) is 1. The van der Waals surface area contributed by atoms with E-state index >= 15 is 0 Å². The van der Waals surface area contributed by atoms with Gasteiger partial charge >= 0.3 is 6.29 Å². The molecule has 128 valence electrons. The normalized spacial score (nSPS) is 14.7. The van der Waals surface area contributed by atoms with Crippen LogP contribution < -0.4 is 15.2 Å². The molecule has 0 saturated heterocycles. The Morgan fingerprint density at radius 2 is 1.96 bits per heavy atom. The standard InChI is InChI=1S/C13H11F2N5O2.C2H6/c1-2-3-8-17-11-6-4-5-7-10(22-13(14,15)21-7)9(6)18-12(16)20(11)19-8;1-2/h4-5H,2-3H2,1H3,(H2,16,18);1-2H3. The van der Waals surface area contributed by atoms with Crippen LogP contribution in [0.4, 0.5) is 14.7 Å². The highest BCUT2D eigenvalue weighted by molar-refractivity contribution is 5.97. The number of aryl methyl sites for hydroxylation is 1. The second-order valence-corrected chi connectivity index (χ2v) is 4.94. The molecule has 1 aliphatic rings. The molecule has 1 aromatic carbocycles. The zero-order valence-corrected chi connectivity index (χ0v) is 13.5. The first-order valence-corrected chi connectivity index (χ1v) is 7.72. The van der Waals surface area contributed by atoms with Crippen LogP contribution in [0.25, 0.3) is 16.6 Å². The molecule has 0 saturated carbocycles. The summed E-state index contributed by atoms with van der Waals surface area (Å²) < 4.78 is 36.8. The average Bonchev–Trinajstić information content (AvgIpc) is 3.10. The van der Waals surface area contributed by atoms with E-state index in [0.29, 0.717) is 23.3 Å². The summed E-state index contributed by atoms with van der Waals surface area (Å²) in [5.41, 5.74) is 6.49. The van der Waals surface area contributed by atoms with Crippen molar-refractivity contribution in [3.8, 4) is 11.5 Å². The highest BCUT2D eigenvalue weighted by atomic mass is 19.3. The van der Waals surface area contributed by atoms with Crippen LogP contribution in [0.2, 0.25) is 0 Å². The molecule has 24 heavy (non-hydrogen) atoms. The van der Waals surface area contributed by atoms with E-state index in [1.165, 1.54) is 10.6 Å². The number of nitrogen functional groups attached to an aromatic ring is 1. The Morgan fingerprint density at radius 3 is 2.67 bits per heavy atom. The molecule has 0 amide bonds. The van der Waals surface area contributed by atoms with Crippen LogP contribution in [-0.2, 0) is 6.42 Å². The maximum atomic E-state index is 13.2. The minimum absolute atomic E-state index is 0.0459. The van der Waals surface area contributed by atoms with Crippen LogP contribution in [0.1, 0.15) is 33.0 Å². The molecule has 4 rings (SSSR count). The number of ether oxygens (including phenoxy) is 2. The molecule has 0 radical (unpaired) electrons. The van der Waals surface area contributed by atoms with Crippen molar-refractivity contribution in [1.29, 1.82) is 0 Å². The summed E-state index contributed by atoms with van der Waals surface area (Å²) in [5, 5.41) is 4.79. The van der Waals surface area contributed by atoms with Crippen molar-refractivity contribution in [2.45, 2.75) is 39.9 Å². The van der Waals surface area contributed by atoms with Crippen LogP contribution >= 0.6 is 0 Å². The fourth-order valence-corrected chi connectivity index (χ4v) is 2.47. The molecule has 2 aromatic heterocycles. The lowest BCUT2D eigenvalue weighted by Crippen LogP contribution is -2.26. The fraction of sp³-hybridized carbons (Fsp3) is 0.400. The number of rotatable bonds is 2. The average molecular weight is 337 g/mol. The van der Waals surface area contributed by atoms with Crippen molar-refractivity contribution in [3.05, 3.63) is 18.0 Å². The first-order valence-electron chi connectivity index (χ1n) is 7.72. The molecule has 7 nitrogen and oxygen atoms in total. The largest absolute Gasteiger partial charge is 0.586 e. The number of anilines is 1. The lowest BCUT2D eigenvalue weighted by atomic mass is 10.2. The summed E-state index contributed by atoms with van der Waals surface area (Å²) in [6.45, 7) is 6.01. The highest BCUT2D eigenvalue weighted by Crippen LogP contribution is 2.45. The Hall–Kier alpha value is -2.71. The van der Waals surface area contributed by atoms with Crippen molar-refractivity contribution < 1.29 is 18.3 Å². The van der Waals surface area contributed by atoms with Gasteiger partial charge in [0.05, 0.1) is 0 Å². The molecule has 3 aromatic rings. The van der Waals surface area contributed by atoms with Gasteiger partial charge in [0, 0.05) is 11.8 Å². The number of hydrogen-bond donors (Lipinski definition) is 1. The number of halogens is 2. The molecule has 0 atom stereocenters. The molecule has 2 N–H and O–H groups in total. The zero-order valence-electron chi connectivity index (χ0n) is 13.5. The SMILES string of the molecule is CC.CCCc1nc2c3ccc4c(c3nc(N)n2n1)OC(F)(F)O4. The lowest BCUT2D eigenvalue weighted by molar-refractivity contribution is -0.286. The summed E-state index contributed by atoms with van der Waals surface area (Å²) in [6.07, 6.45) is -2.15. The number of fused-ring (bicyclic) bond motifs is 5. The van der Waals surface area contributed by atoms with Crippen LogP contribution in [0.5, 0.6) is 11.5 Å². The second-order valence-electron chi connectivity index (χ2n) is 4.94. The van der Waals surface area contributed by atoms with Crippen LogP contribution in [0.15, 0.2) is 12.1 Å². The van der Waals surface area contributed by atoms with Gasteiger partial charge in [0.15, 0.2) is 23.0 Å². The molecule has 0 spiro atoms. The predicted molar refractivity (Wildman–Crippen MR) is 84.2 cm³/mol. The highest BCUT2D eigenvalue weighted by Gasteiger charge is 2.44. The molecule has 1 aliphatic heterocycles. The van der Waals surface area contributed by atoms with Gasteiger partial charge in [-0.25, -0.2) is 9.97 Å². The summed E-state index contributed by atoms with van der Waals surface area (Å²) in [5.74, 6) is 0.440. The van der Waals surface area contributed by atoms with Crippen LogP contribution in [-0.4, -0.2) is 25.9 Å². The van der Waals surface area contributed by atoms with Gasteiger partial charge in [-0.2, -0.15) is 4.52 Å². The molecule has 0 aliphatic carbocycles. The summed E-state index contributed by atoms with van der Waals surface area (Å²) >= 11 is 0. The topological polar surface area (TPSA) is 87.6 Å². The first-order chi connectivity index (χ1) is 11.5. The van der Waals surface area contributed by atoms with Gasteiger partial charge in [-0.05, 0) is 18.6 Å². The van der Waals surface area contributed by atoms with Crippen molar-refractivity contribution >= 4 is 22.5 Å². The smallest absolute Gasteiger partial charge is 0.395 e. The van der Waals surface area contributed by atoms with E-state index in [9.17, 15) is 8.78 Å². The van der Waals surface area contributed by atoms with Gasteiger partial charge in [0.2, 0.25) is 5.95 Å². The summed E-state index contributed by atoms with van der Waals surface area (Å²) in [7, 11) is 0. The minimum atomic E-state index is -3.71. The number of aromatic nitrogens is 4. The number of hydrogen-bond acceptors (Lipinski definition) is 6. The Bertz CT molecular complexity index is 910. The van der Waals surface area contributed by atoms with E-state index in [1.807, 2.05) is 20.8 Å². The molecular formula is C15H17F2N5O2. The molecule has 0 bridgehead atoms.